The number of aryl methyl sites for hydroxylation is 2. The summed E-state index contributed by atoms with van der Waals surface area (Å²) in [6.07, 6.45) is 1.93. The molecule has 3 aromatic rings. The molecule has 1 amide bonds. The summed E-state index contributed by atoms with van der Waals surface area (Å²) in [5, 5.41) is 4.81. The molecule has 2 heterocycles. The number of nitrogens with two attached hydrogens (primary N) is 1. The van der Waals surface area contributed by atoms with Crippen molar-refractivity contribution in [3.63, 3.8) is 0 Å². The minimum absolute atomic E-state index is 0.0447. The minimum Gasteiger partial charge on any atom is -0.375 e. The predicted octanol–water partition coefficient (Wildman–Crippen LogP) is 2.19. The van der Waals surface area contributed by atoms with Crippen molar-refractivity contribution in [3.05, 3.63) is 41.2 Å². The van der Waals surface area contributed by atoms with Crippen LogP contribution in [0.25, 0.3) is 10.2 Å². The van der Waals surface area contributed by atoms with E-state index in [0.717, 1.165) is 21.5 Å². The average Bonchev–Trinajstić information content (AvgIpc) is 2.98. The summed E-state index contributed by atoms with van der Waals surface area (Å²) < 4.78 is 2.74. The Labute approximate surface area is 132 Å². The van der Waals surface area contributed by atoms with E-state index in [9.17, 15) is 4.79 Å². The number of carbonyl (C=O) groups excluding carboxylic acids is 1. The van der Waals surface area contributed by atoms with Crippen LogP contribution in [0.4, 0.5) is 5.13 Å². The van der Waals surface area contributed by atoms with E-state index in [2.05, 4.69) is 10.1 Å². The van der Waals surface area contributed by atoms with Crippen LogP contribution in [0.5, 0.6) is 0 Å². The van der Waals surface area contributed by atoms with Crippen molar-refractivity contribution < 1.29 is 4.79 Å². The molecule has 0 fully saturated rings. The number of rotatable bonds is 3. The second-order valence-corrected chi connectivity index (χ2v) is 6.37. The Morgan fingerprint density at radius 3 is 2.91 bits per heavy atom. The lowest BCUT2D eigenvalue weighted by atomic mass is 10.1. The van der Waals surface area contributed by atoms with E-state index in [1.54, 1.807) is 22.7 Å². The smallest absolute Gasteiger partial charge is 0.253 e. The van der Waals surface area contributed by atoms with Gasteiger partial charge in [-0.1, -0.05) is 11.3 Å². The van der Waals surface area contributed by atoms with Crippen molar-refractivity contribution in [1.29, 1.82) is 0 Å². The number of amides is 1. The Balaban J connectivity index is 1.83. The van der Waals surface area contributed by atoms with E-state index >= 15 is 0 Å². The molecule has 0 aliphatic rings. The van der Waals surface area contributed by atoms with Gasteiger partial charge in [0.2, 0.25) is 0 Å². The highest BCUT2D eigenvalue weighted by molar-refractivity contribution is 7.22. The van der Waals surface area contributed by atoms with Gasteiger partial charge in [-0.15, -0.1) is 0 Å². The molecule has 2 N–H and O–H groups in total. The van der Waals surface area contributed by atoms with Crippen LogP contribution in [0.1, 0.15) is 21.6 Å². The first-order chi connectivity index (χ1) is 10.4. The summed E-state index contributed by atoms with van der Waals surface area (Å²) in [5.74, 6) is -0.0447. The van der Waals surface area contributed by atoms with Gasteiger partial charge in [0.25, 0.3) is 5.91 Å². The van der Waals surface area contributed by atoms with Gasteiger partial charge >= 0.3 is 0 Å². The molecule has 0 aliphatic heterocycles. The number of fused-ring (bicyclic) bond motifs is 1. The molecular weight excluding hydrogens is 298 g/mol. The first-order valence-corrected chi connectivity index (χ1v) is 7.66. The molecule has 0 spiro atoms. The monoisotopic (exact) mass is 315 g/mol. The highest BCUT2D eigenvalue weighted by Crippen LogP contribution is 2.25. The summed E-state index contributed by atoms with van der Waals surface area (Å²) in [6, 6.07) is 5.49. The van der Waals surface area contributed by atoms with Gasteiger partial charge in [-0.05, 0) is 25.1 Å². The summed E-state index contributed by atoms with van der Waals surface area (Å²) in [5.41, 5.74) is 9.05. The molecule has 22 heavy (non-hydrogen) atoms. The number of nitrogen functional groups attached to an aromatic ring is 1. The molecule has 3 rings (SSSR count). The third-order valence-corrected chi connectivity index (χ3v) is 4.39. The summed E-state index contributed by atoms with van der Waals surface area (Å²) >= 11 is 1.42. The molecule has 0 aliphatic carbocycles. The number of nitrogens with zero attached hydrogens (tertiary/aromatic N) is 4. The van der Waals surface area contributed by atoms with E-state index < -0.39 is 0 Å². The van der Waals surface area contributed by atoms with Crippen LogP contribution in [-0.4, -0.2) is 32.6 Å². The zero-order valence-electron chi connectivity index (χ0n) is 12.7. The molecule has 0 radical (unpaired) electrons. The zero-order chi connectivity index (χ0) is 15.9. The van der Waals surface area contributed by atoms with Gasteiger partial charge in [-0.25, -0.2) is 4.98 Å². The van der Waals surface area contributed by atoms with E-state index in [1.807, 2.05) is 32.3 Å². The molecule has 0 unspecified atom stereocenters. The van der Waals surface area contributed by atoms with E-state index in [1.165, 1.54) is 11.3 Å². The van der Waals surface area contributed by atoms with Gasteiger partial charge in [0.05, 0.1) is 15.9 Å². The molecule has 2 aromatic heterocycles. The predicted molar refractivity (Wildman–Crippen MR) is 87.8 cm³/mol. The zero-order valence-corrected chi connectivity index (χ0v) is 13.5. The topological polar surface area (TPSA) is 77.0 Å². The van der Waals surface area contributed by atoms with Crippen LogP contribution in [-0.2, 0) is 13.6 Å². The minimum atomic E-state index is -0.0447. The third kappa shape index (κ3) is 2.67. The van der Waals surface area contributed by atoms with E-state index in [-0.39, 0.29) is 5.91 Å². The fraction of sp³-hybridized carbons (Fsp3) is 0.267. The summed E-state index contributed by atoms with van der Waals surface area (Å²) in [4.78, 5) is 18.5. The molecule has 1 aromatic carbocycles. The van der Waals surface area contributed by atoms with Crippen molar-refractivity contribution >= 4 is 32.6 Å². The number of thiazole rings is 1. The number of aromatic nitrogens is 3. The quantitative estimate of drug-likeness (QED) is 0.804. The van der Waals surface area contributed by atoms with Crippen LogP contribution in [0, 0.1) is 6.92 Å². The maximum Gasteiger partial charge on any atom is 0.253 e. The number of anilines is 1. The molecule has 7 heteroatoms. The Kier molecular flexibility index (Phi) is 3.58. The molecule has 0 atom stereocenters. The summed E-state index contributed by atoms with van der Waals surface area (Å²) in [7, 11) is 3.66. The van der Waals surface area contributed by atoms with Gasteiger partial charge in [0.15, 0.2) is 5.13 Å². The molecule has 0 bridgehead atoms. The number of hydrogen-bond acceptors (Lipinski definition) is 5. The van der Waals surface area contributed by atoms with Crippen molar-refractivity contribution in [3.8, 4) is 0 Å². The second-order valence-electron chi connectivity index (χ2n) is 5.31. The number of hydrogen-bond donors (Lipinski definition) is 1. The van der Waals surface area contributed by atoms with Crippen LogP contribution >= 0.6 is 11.3 Å². The third-order valence-electron chi connectivity index (χ3n) is 3.52. The van der Waals surface area contributed by atoms with Crippen LogP contribution in [0.2, 0.25) is 0 Å². The fourth-order valence-corrected chi connectivity index (χ4v) is 3.14. The maximum atomic E-state index is 12.6. The van der Waals surface area contributed by atoms with Crippen molar-refractivity contribution in [2.75, 3.05) is 12.8 Å². The van der Waals surface area contributed by atoms with Gasteiger partial charge < -0.3 is 10.6 Å². The van der Waals surface area contributed by atoms with E-state index in [0.29, 0.717) is 17.2 Å². The summed E-state index contributed by atoms with van der Waals surface area (Å²) in [6.45, 7) is 2.47. The SMILES string of the molecule is Cc1nn(C)cc1CN(C)C(=O)c1ccc2sc(N)nc2c1. The van der Waals surface area contributed by atoms with Crippen LogP contribution in [0.15, 0.2) is 24.4 Å². The Hall–Kier alpha value is -2.41. The van der Waals surface area contributed by atoms with Crippen molar-refractivity contribution in [1.82, 2.24) is 19.7 Å². The second kappa shape index (κ2) is 5.42. The van der Waals surface area contributed by atoms with Crippen LogP contribution in [0.3, 0.4) is 0 Å². The van der Waals surface area contributed by atoms with Gasteiger partial charge in [-0.2, -0.15) is 5.10 Å². The highest BCUT2D eigenvalue weighted by Gasteiger charge is 2.15. The van der Waals surface area contributed by atoms with Crippen molar-refractivity contribution in [2.45, 2.75) is 13.5 Å². The number of carbonyl (C=O) groups is 1. The molecule has 0 saturated carbocycles. The first-order valence-electron chi connectivity index (χ1n) is 6.84. The molecule has 114 valence electrons. The van der Waals surface area contributed by atoms with E-state index in [4.69, 9.17) is 5.73 Å². The lowest BCUT2D eigenvalue weighted by Crippen LogP contribution is -2.26. The van der Waals surface area contributed by atoms with Gasteiger partial charge in [0.1, 0.15) is 0 Å². The maximum absolute atomic E-state index is 12.6. The standard InChI is InChI=1S/C15H17N5OS/c1-9-11(8-20(3)18-9)7-19(2)14(21)10-4-5-13-12(6-10)17-15(16)22-13/h4-6,8H,7H2,1-3H3,(H2,16,17). The molecular formula is C15H17N5OS. The fourth-order valence-electron chi connectivity index (χ4n) is 2.43. The average molecular weight is 315 g/mol. The molecule has 0 saturated heterocycles. The van der Waals surface area contributed by atoms with Crippen LogP contribution < -0.4 is 5.73 Å². The largest absolute Gasteiger partial charge is 0.375 e. The van der Waals surface area contributed by atoms with Gasteiger partial charge in [0, 0.05) is 38.0 Å². The highest BCUT2D eigenvalue weighted by atomic mass is 32.1. The number of benzene rings is 1. The lowest BCUT2D eigenvalue weighted by molar-refractivity contribution is 0.0785. The first kappa shape index (κ1) is 14.5. The van der Waals surface area contributed by atoms with Crippen molar-refractivity contribution in [2.24, 2.45) is 7.05 Å². The van der Waals surface area contributed by atoms with Gasteiger partial charge in [-0.3, -0.25) is 9.48 Å². The molecule has 6 nitrogen and oxygen atoms in total. The Bertz CT molecular complexity index is 851. The normalized spacial score (nSPS) is 11.0. The Morgan fingerprint density at radius 1 is 1.45 bits per heavy atom. The lowest BCUT2D eigenvalue weighted by Gasteiger charge is -2.16. The Morgan fingerprint density at radius 2 is 2.23 bits per heavy atom.